The molecule has 0 unspecified atom stereocenters. The lowest BCUT2D eigenvalue weighted by Gasteiger charge is -2.22. The molecular weight excluding hydrogens is 695 g/mol. The minimum Gasteiger partial charge on any atom is -0.487 e. The molecule has 252 valence electrons. The van der Waals surface area contributed by atoms with Crippen molar-refractivity contribution in [2.45, 2.75) is 0 Å². The van der Waals surface area contributed by atoms with Crippen molar-refractivity contribution < 1.29 is 66.6 Å². The molecule has 50 heavy (non-hydrogen) atoms. The van der Waals surface area contributed by atoms with E-state index < -0.39 is 127 Å². The predicted molar refractivity (Wildman–Crippen MR) is 156 cm³/mol. The van der Waals surface area contributed by atoms with E-state index in [1.54, 1.807) is 0 Å². The first-order chi connectivity index (χ1) is 23.8. The van der Waals surface area contributed by atoms with E-state index >= 15 is 26.3 Å². The summed E-state index contributed by atoms with van der Waals surface area (Å²) in [6.45, 7) is 0. The highest BCUT2D eigenvalue weighted by Crippen LogP contribution is 2.46. The third-order valence-corrected chi connectivity index (χ3v) is 7.77. The molecule has 0 heterocycles. The standard InChI is InChI=1S/C34H11BF12O3/c36-14-10-17(38)24(39)18(11-14)48-35(50-34-20(12-4-2-1-3-5-12)25(40)29(44)30(45)32(34)47)49-33-15-8-6-13-7-9-16(37)22-19(13)21(15)23(27(42)26(22)41)28(43)31(33)46/h1-11H. The topological polar surface area (TPSA) is 27.7 Å². The Morgan fingerprint density at radius 2 is 1.02 bits per heavy atom. The zero-order valence-corrected chi connectivity index (χ0v) is 24.2. The molecule has 0 N–H and O–H groups in total. The van der Waals surface area contributed by atoms with Gasteiger partial charge in [0, 0.05) is 28.3 Å². The second-order valence-corrected chi connectivity index (χ2v) is 10.6. The van der Waals surface area contributed by atoms with Crippen LogP contribution in [0.2, 0.25) is 0 Å². The maximum Gasteiger partial charge on any atom is 0.864 e. The van der Waals surface area contributed by atoms with Gasteiger partial charge in [-0.2, -0.15) is 13.2 Å². The summed E-state index contributed by atoms with van der Waals surface area (Å²) in [5, 5.41) is -4.06. The van der Waals surface area contributed by atoms with Crippen LogP contribution in [0.5, 0.6) is 17.2 Å². The normalized spacial score (nSPS) is 11.6. The van der Waals surface area contributed by atoms with E-state index in [0.717, 1.165) is 36.4 Å². The first-order valence-corrected chi connectivity index (χ1v) is 14.0. The minimum absolute atomic E-state index is 0.00273. The smallest absolute Gasteiger partial charge is 0.487 e. The molecule has 0 bridgehead atoms. The molecule has 0 aliphatic rings. The summed E-state index contributed by atoms with van der Waals surface area (Å²) in [5.41, 5.74) is -1.50. The van der Waals surface area contributed by atoms with Gasteiger partial charge in [-0.15, -0.1) is 0 Å². The largest absolute Gasteiger partial charge is 0.864 e. The molecule has 7 aromatic rings. The van der Waals surface area contributed by atoms with Gasteiger partial charge in [0.15, 0.2) is 58.0 Å². The lowest BCUT2D eigenvalue weighted by Crippen LogP contribution is -2.38. The Labute approximate surface area is 271 Å². The molecule has 0 fully saturated rings. The van der Waals surface area contributed by atoms with E-state index in [2.05, 4.69) is 0 Å². The molecular formula is C34H11BF12O3. The van der Waals surface area contributed by atoms with E-state index in [9.17, 15) is 26.3 Å². The maximum atomic E-state index is 15.8. The Morgan fingerprint density at radius 1 is 0.420 bits per heavy atom. The van der Waals surface area contributed by atoms with Gasteiger partial charge in [0.25, 0.3) is 0 Å². The van der Waals surface area contributed by atoms with Gasteiger partial charge in [0.1, 0.15) is 17.4 Å². The maximum absolute atomic E-state index is 15.8. The van der Waals surface area contributed by atoms with Crippen molar-refractivity contribution in [2.75, 3.05) is 0 Å². The number of hydrogen-bond acceptors (Lipinski definition) is 3. The Kier molecular flexibility index (Phi) is 7.83. The van der Waals surface area contributed by atoms with Crippen LogP contribution in [0.25, 0.3) is 43.4 Å². The van der Waals surface area contributed by atoms with Crippen LogP contribution in [-0.2, 0) is 0 Å². The fourth-order valence-corrected chi connectivity index (χ4v) is 5.61. The van der Waals surface area contributed by atoms with Crippen molar-refractivity contribution in [1.82, 2.24) is 0 Å². The summed E-state index contributed by atoms with van der Waals surface area (Å²) in [6.07, 6.45) is 0. The predicted octanol–water partition coefficient (Wildman–Crippen LogP) is 10.4. The van der Waals surface area contributed by atoms with E-state index in [0.29, 0.717) is 0 Å². The quantitative estimate of drug-likeness (QED) is 0.0543. The van der Waals surface area contributed by atoms with E-state index in [1.165, 1.54) is 18.2 Å². The fraction of sp³-hybridized carbons (Fsp3) is 0. The Bertz CT molecular complexity index is 2510. The van der Waals surface area contributed by atoms with Crippen LogP contribution < -0.4 is 14.0 Å². The van der Waals surface area contributed by atoms with Gasteiger partial charge < -0.3 is 14.0 Å². The van der Waals surface area contributed by atoms with Gasteiger partial charge in [-0.05, 0) is 23.1 Å². The molecule has 0 aliphatic heterocycles. The summed E-state index contributed by atoms with van der Waals surface area (Å²) in [7, 11) is -2.99. The minimum atomic E-state index is -2.99. The Hall–Kier alpha value is -5.80. The molecule has 7 rings (SSSR count). The molecule has 0 amide bonds. The van der Waals surface area contributed by atoms with E-state index in [4.69, 9.17) is 14.0 Å². The van der Waals surface area contributed by atoms with Gasteiger partial charge in [0.2, 0.25) is 11.6 Å². The summed E-state index contributed by atoms with van der Waals surface area (Å²) in [4.78, 5) is 0. The lowest BCUT2D eigenvalue weighted by molar-refractivity contribution is 0.280. The van der Waals surface area contributed by atoms with Crippen LogP contribution in [0.15, 0.2) is 66.7 Å². The first-order valence-electron chi connectivity index (χ1n) is 14.0. The molecule has 0 radical (unpaired) electrons. The van der Waals surface area contributed by atoms with Gasteiger partial charge in [-0.25, -0.2) is 39.5 Å². The number of rotatable bonds is 7. The van der Waals surface area contributed by atoms with E-state index in [1.807, 2.05) is 0 Å². The highest BCUT2D eigenvalue weighted by molar-refractivity contribution is 6.40. The van der Waals surface area contributed by atoms with Crippen molar-refractivity contribution in [3.63, 3.8) is 0 Å². The van der Waals surface area contributed by atoms with Crippen LogP contribution in [0.1, 0.15) is 0 Å². The molecule has 0 saturated heterocycles. The lowest BCUT2D eigenvalue weighted by atomic mass is 9.92. The molecule has 0 saturated carbocycles. The fourth-order valence-electron chi connectivity index (χ4n) is 5.61. The number of hydrogen-bond donors (Lipinski definition) is 0. The van der Waals surface area contributed by atoms with Gasteiger partial charge in [0.05, 0.1) is 16.3 Å². The molecule has 3 nitrogen and oxygen atoms in total. The zero-order valence-electron chi connectivity index (χ0n) is 24.2. The summed E-state index contributed by atoms with van der Waals surface area (Å²) >= 11 is 0. The van der Waals surface area contributed by atoms with Crippen molar-refractivity contribution in [1.29, 1.82) is 0 Å². The second-order valence-electron chi connectivity index (χ2n) is 10.6. The Balaban J connectivity index is 1.48. The van der Waals surface area contributed by atoms with Crippen LogP contribution in [-0.4, -0.2) is 7.32 Å². The SMILES string of the molecule is Fc1cc(F)c(F)c(OB(Oc2c(F)c(F)c(F)c(F)c2-c2ccccc2)Oc2c(F)c(F)c3c(F)c(F)c4c(F)ccc5ccc2c3c54)c1. The molecule has 0 aliphatic carbocycles. The van der Waals surface area contributed by atoms with Crippen molar-refractivity contribution in [3.8, 4) is 28.4 Å². The Morgan fingerprint density at radius 3 is 1.74 bits per heavy atom. The highest BCUT2D eigenvalue weighted by Gasteiger charge is 2.40. The summed E-state index contributed by atoms with van der Waals surface area (Å²) in [5.74, 6) is -28.1. The van der Waals surface area contributed by atoms with Crippen molar-refractivity contribution >= 4 is 39.6 Å². The van der Waals surface area contributed by atoms with Crippen molar-refractivity contribution in [3.05, 3.63) is 137 Å². The van der Waals surface area contributed by atoms with Crippen molar-refractivity contribution in [2.24, 2.45) is 0 Å². The number of benzene rings is 7. The average molecular weight is 706 g/mol. The van der Waals surface area contributed by atoms with E-state index in [-0.39, 0.29) is 23.1 Å². The monoisotopic (exact) mass is 706 g/mol. The van der Waals surface area contributed by atoms with Gasteiger partial charge in [-0.1, -0.05) is 42.5 Å². The van der Waals surface area contributed by atoms with Crippen LogP contribution >= 0.6 is 0 Å². The van der Waals surface area contributed by atoms with Gasteiger partial charge in [-0.3, -0.25) is 0 Å². The van der Waals surface area contributed by atoms with Crippen LogP contribution in [0.3, 0.4) is 0 Å². The molecule has 16 heteroatoms. The second kappa shape index (κ2) is 12.0. The highest BCUT2D eigenvalue weighted by atomic mass is 19.2. The zero-order chi connectivity index (χ0) is 35.8. The third kappa shape index (κ3) is 4.96. The number of halogens is 12. The third-order valence-electron chi connectivity index (χ3n) is 7.77. The molecule has 0 atom stereocenters. The molecule has 7 aromatic carbocycles. The summed E-state index contributed by atoms with van der Waals surface area (Å²) < 4.78 is 194. The average Bonchev–Trinajstić information content (AvgIpc) is 3.09. The molecule has 0 aromatic heterocycles. The van der Waals surface area contributed by atoms with Gasteiger partial charge >= 0.3 is 7.32 Å². The van der Waals surface area contributed by atoms with Crippen LogP contribution in [0, 0.1) is 69.8 Å². The molecule has 0 spiro atoms. The first kappa shape index (κ1) is 32.7. The summed E-state index contributed by atoms with van der Waals surface area (Å²) in [6, 6.07) is 10.3. The van der Waals surface area contributed by atoms with Crippen LogP contribution in [0.4, 0.5) is 52.7 Å².